The molecule has 0 aromatic heterocycles. The third-order valence-corrected chi connectivity index (χ3v) is 19.7. The molecule has 0 radical (unpaired) electrons. The highest BCUT2D eigenvalue weighted by molar-refractivity contribution is 7.99. The molecule has 0 amide bonds. The quantitative estimate of drug-likeness (QED) is 0.107. The van der Waals surface area contributed by atoms with Crippen molar-refractivity contribution in [3.8, 4) is 0 Å². The lowest BCUT2D eigenvalue weighted by molar-refractivity contribution is -0.331. The highest BCUT2D eigenvalue weighted by atomic mass is 32.2. The standard InChI is InChI=1S/C49H50O12S3/c1-33-17-14-26-39(29-36-20-8-5-9-21-36)43(33)62(54,55)47(51)42(32-50)61-46(60-4)48(52,63(56,57)44-34(2)18-15-27-40(44)30-37-22-10-6-11-23-37)49(47,53)64(58,59)45-35(3)19-16-28-41(45)31-38-24-12-7-13-25-38/h5-28,42,46,50-53H,29-32H2,1-4H3/t42-,46+,47-,48-,49-/m1/s1. The first kappa shape index (κ1) is 46.9. The first-order valence-corrected chi connectivity index (χ1v) is 24.8. The van der Waals surface area contributed by atoms with Gasteiger partial charge < -0.3 is 29.9 Å². The van der Waals surface area contributed by atoms with Crippen LogP contribution in [0.4, 0.5) is 0 Å². The third kappa shape index (κ3) is 7.32. The fraction of sp³-hybridized carbons (Fsp3) is 0.265. The lowest BCUT2D eigenvalue weighted by Gasteiger charge is -2.57. The zero-order chi connectivity index (χ0) is 46.3. The average molecular weight is 927 g/mol. The van der Waals surface area contributed by atoms with E-state index in [2.05, 4.69) is 0 Å². The minimum atomic E-state index is -6.17. The lowest BCUT2D eigenvalue weighted by Crippen LogP contribution is -2.86. The number of rotatable bonds is 14. The fourth-order valence-corrected chi connectivity index (χ4v) is 17.2. The van der Waals surface area contributed by atoms with Crippen molar-refractivity contribution in [3.05, 3.63) is 196 Å². The molecule has 0 aliphatic carbocycles. The molecule has 0 bridgehead atoms. The summed E-state index contributed by atoms with van der Waals surface area (Å²) in [5.41, 5.74) is 1.62. The molecule has 64 heavy (non-hydrogen) atoms. The van der Waals surface area contributed by atoms with Crippen molar-refractivity contribution in [1.29, 1.82) is 0 Å². The Hall–Kier alpha value is -5.07. The van der Waals surface area contributed by atoms with Gasteiger partial charge >= 0.3 is 0 Å². The van der Waals surface area contributed by atoms with Gasteiger partial charge in [0.2, 0.25) is 40.7 Å². The van der Waals surface area contributed by atoms with Crippen LogP contribution >= 0.6 is 0 Å². The monoisotopic (exact) mass is 926 g/mol. The number of methoxy groups -OCH3 is 1. The minimum absolute atomic E-state index is 0.0148. The molecule has 1 heterocycles. The summed E-state index contributed by atoms with van der Waals surface area (Å²) in [6.45, 7) is 2.59. The van der Waals surface area contributed by atoms with E-state index in [9.17, 15) is 20.4 Å². The van der Waals surface area contributed by atoms with E-state index < -0.39 is 78.0 Å². The summed E-state index contributed by atoms with van der Waals surface area (Å²) >= 11 is 0. The topological polar surface area (TPSA) is 202 Å². The lowest BCUT2D eigenvalue weighted by atomic mass is 9.96. The second-order valence-corrected chi connectivity index (χ2v) is 22.2. The molecule has 7 rings (SSSR count). The number of aryl methyl sites for hydroxylation is 3. The van der Waals surface area contributed by atoms with Gasteiger partial charge in [0.05, 0.1) is 21.3 Å². The van der Waals surface area contributed by atoms with Crippen LogP contribution in [-0.2, 0) is 58.2 Å². The van der Waals surface area contributed by atoms with Gasteiger partial charge in [-0.2, -0.15) is 0 Å². The van der Waals surface area contributed by atoms with Crippen molar-refractivity contribution in [2.24, 2.45) is 0 Å². The predicted octanol–water partition coefficient (Wildman–Crippen LogP) is 5.54. The highest BCUT2D eigenvalue weighted by Gasteiger charge is 2.87. The molecule has 1 aliphatic rings. The zero-order valence-corrected chi connectivity index (χ0v) is 38.1. The predicted molar refractivity (Wildman–Crippen MR) is 240 cm³/mol. The van der Waals surface area contributed by atoms with E-state index in [-0.39, 0.29) is 52.6 Å². The molecule has 1 aliphatic heterocycles. The van der Waals surface area contributed by atoms with Gasteiger partial charge in [0, 0.05) is 7.11 Å². The van der Waals surface area contributed by atoms with Crippen molar-refractivity contribution >= 4 is 29.5 Å². The number of aliphatic hydroxyl groups is 4. The van der Waals surface area contributed by atoms with Crippen molar-refractivity contribution in [3.63, 3.8) is 0 Å². The first-order chi connectivity index (χ1) is 30.3. The molecular formula is C49H50O12S3. The second kappa shape index (κ2) is 17.7. The Kier molecular flexibility index (Phi) is 13.0. The third-order valence-electron chi connectivity index (χ3n) is 12.0. The van der Waals surface area contributed by atoms with Crippen LogP contribution in [0.5, 0.6) is 0 Å². The van der Waals surface area contributed by atoms with Crippen LogP contribution < -0.4 is 0 Å². The molecule has 0 unspecified atom stereocenters. The Morgan fingerprint density at radius 3 is 1.14 bits per heavy atom. The molecule has 15 heteroatoms. The summed E-state index contributed by atoms with van der Waals surface area (Å²) in [6, 6.07) is 38.8. The minimum Gasteiger partial charge on any atom is -0.394 e. The van der Waals surface area contributed by atoms with Crippen LogP contribution in [0.3, 0.4) is 0 Å². The Bertz CT molecular complexity index is 2860. The fourth-order valence-electron chi connectivity index (χ4n) is 9.02. The number of ether oxygens (including phenoxy) is 2. The van der Waals surface area contributed by atoms with Crippen molar-refractivity contribution in [2.75, 3.05) is 13.7 Å². The van der Waals surface area contributed by atoms with Gasteiger partial charge in [-0.05, 0) is 90.1 Å². The summed E-state index contributed by atoms with van der Waals surface area (Å²) in [5.74, 6) is 0. The summed E-state index contributed by atoms with van der Waals surface area (Å²) < 4.78 is 108. The molecule has 4 N–H and O–H groups in total. The number of benzene rings is 6. The summed E-state index contributed by atoms with van der Waals surface area (Å²) in [6.07, 6.45) is -5.78. The molecule has 5 atom stereocenters. The molecule has 1 fully saturated rings. The maximum absolute atomic E-state index is 16.3. The van der Waals surface area contributed by atoms with Gasteiger partial charge in [0.1, 0.15) is 6.10 Å². The Morgan fingerprint density at radius 1 is 0.484 bits per heavy atom. The van der Waals surface area contributed by atoms with Crippen LogP contribution in [0.2, 0.25) is 0 Å². The summed E-state index contributed by atoms with van der Waals surface area (Å²) in [5, 5.41) is 52.2. The van der Waals surface area contributed by atoms with E-state index in [1.165, 1.54) is 69.3 Å². The molecular weight excluding hydrogens is 877 g/mol. The summed E-state index contributed by atoms with van der Waals surface area (Å²) in [4.78, 5) is -15.8. The Balaban J connectivity index is 1.63. The molecule has 336 valence electrons. The van der Waals surface area contributed by atoms with E-state index in [0.717, 1.165) is 7.11 Å². The maximum atomic E-state index is 16.3. The van der Waals surface area contributed by atoms with Gasteiger partial charge in [0.15, 0.2) is 0 Å². The molecule has 6 aromatic rings. The van der Waals surface area contributed by atoms with Crippen LogP contribution in [-0.4, -0.2) is 86.6 Å². The summed E-state index contributed by atoms with van der Waals surface area (Å²) in [7, 11) is -17.2. The number of hydrogen-bond donors (Lipinski definition) is 4. The largest absolute Gasteiger partial charge is 0.394 e. The SMILES string of the molecule is CO[C@H]1O[C@H](CO)[C@@](O)(S(=O)(=O)c2c(C)cccc2Cc2ccccc2)[C@@](O)(S(=O)(=O)c2c(C)cccc2Cc2ccccc2)[C@]1(O)S(=O)(=O)c1c(C)cccc1Cc1ccccc1. The van der Waals surface area contributed by atoms with Crippen LogP contribution in [0.1, 0.15) is 50.1 Å². The van der Waals surface area contributed by atoms with E-state index in [0.29, 0.717) is 16.7 Å². The van der Waals surface area contributed by atoms with Gasteiger partial charge in [-0.1, -0.05) is 146 Å². The number of aliphatic hydroxyl groups excluding tert-OH is 1. The number of sulfone groups is 3. The zero-order valence-electron chi connectivity index (χ0n) is 35.6. The van der Waals surface area contributed by atoms with Crippen molar-refractivity contribution in [2.45, 2.75) is 81.9 Å². The van der Waals surface area contributed by atoms with E-state index in [4.69, 9.17) is 9.47 Å². The van der Waals surface area contributed by atoms with Crippen molar-refractivity contribution < 1.29 is 55.2 Å². The van der Waals surface area contributed by atoms with Crippen LogP contribution in [0, 0.1) is 20.8 Å². The normalized spacial score (nSPS) is 22.9. The average Bonchev–Trinajstić information content (AvgIpc) is 3.26. The van der Waals surface area contributed by atoms with Crippen molar-refractivity contribution in [1.82, 2.24) is 0 Å². The highest BCUT2D eigenvalue weighted by Crippen LogP contribution is 2.58. The smallest absolute Gasteiger partial charge is 0.270 e. The second-order valence-electron chi connectivity index (χ2n) is 16.1. The maximum Gasteiger partial charge on any atom is 0.270 e. The van der Waals surface area contributed by atoms with Gasteiger partial charge in [-0.3, -0.25) is 0 Å². The van der Waals surface area contributed by atoms with Gasteiger partial charge in [-0.15, -0.1) is 0 Å². The first-order valence-electron chi connectivity index (χ1n) is 20.4. The van der Waals surface area contributed by atoms with Gasteiger partial charge in [-0.25, -0.2) is 25.3 Å². The molecule has 6 aromatic carbocycles. The van der Waals surface area contributed by atoms with E-state index in [1.54, 1.807) is 97.1 Å². The van der Waals surface area contributed by atoms with Crippen LogP contribution in [0.15, 0.2) is 160 Å². The van der Waals surface area contributed by atoms with Gasteiger partial charge in [0.25, 0.3) is 9.87 Å². The number of hydrogen-bond acceptors (Lipinski definition) is 12. The molecule has 0 spiro atoms. The molecule has 0 saturated carbocycles. The molecule has 1 saturated heterocycles. The van der Waals surface area contributed by atoms with E-state index >= 15 is 25.3 Å². The Morgan fingerprint density at radius 2 is 0.812 bits per heavy atom. The van der Waals surface area contributed by atoms with E-state index in [1.807, 2.05) is 0 Å². The van der Waals surface area contributed by atoms with Crippen LogP contribution in [0.25, 0.3) is 0 Å². The molecule has 12 nitrogen and oxygen atoms in total. The Labute approximate surface area is 374 Å².